The molecule has 3 aromatic rings. The Morgan fingerprint density at radius 2 is 1.22 bits per heavy atom. The third-order valence-corrected chi connectivity index (χ3v) is 4.86. The fraction of sp³-hybridized carbons (Fsp3) is 0.250. The lowest BCUT2D eigenvalue weighted by atomic mass is 10.0. The number of aromatic nitrogens is 3. The van der Waals surface area contributed by atoms with Crippen LogP contribution in [0, 0.1) is 0 Å². The highest BCUT2D eigenvalue weighted by Crippen LogP contribution is 2.18. The number of hydrogen-bond donors (Lipinski definition) is 3. The second-order valence-electron chi connectivity index (χ2n) is 7.38. The van der Waals surface area contributed by atoms with Gasteiger partial charge in [0.2, 0.25) is 0 Å². The second kappa shape index (κ2) is 13.0. The first-order valence-corrected chi connectivity index (χ1v) is 10.7. The lowest BCUT2D eigenvalue weighted by Crippen LogP contribution is -2.51. The molecule has 188 valence electrons. The van der Waals surface area contributed by atoms with Crippen molar-refractivity contribution < 1.29 is 43.9 Å². The predicted octanol–water partition coefficient (Wildman–Crippen LogP) is 0.194. The summed E-state index contributed by atoms with van der Waals surface area (Å²) < 4.78 is 16.0. The van der Waals surface area contributed by atoms with E-state index in [2.05, 4.69) is 15.0 Å². The van der Waals surface area contributed by atoms with Crippen molar-refractivity contribution in [2.75, 3.05) is 13.2 Å². The number of carbonyl (C=O) groups is 3. The Labute approximate surface area is 205 Å². The third kappa shape index (κ3) is 7.12. The monoisotopic (exact) mass is 497 g/mol. The van der Waals surface area contributed by atoms with Crippen LogP contribution < -0.4 is 0 Å². The molecule has 36 heavy (non-hydrogen) atoms. The maximum Gasteiger partial charge on any atom is 0.340 e. The summed E-state index contributed by atoms with van der Waals surface area (Å²) in [4.78, 5) is 49.4. The number of hydrogen-bond acceptors (Lipinski definition) is 12. The van der Waals surface area contributed by atoms with Crippen molar-refractivity contribution in [3.05, 3.63) is 90.3 Å². The molecule has 12 nitrogen and oxygen atoms in total. The zero-order valence-electron chi connectivity index (χ0n) is 18.8. The summed E-state index contributed by atoms with van der Waals surface area (Å²) in [6, 6.07) is 8.70. The van der Waals surface area contributed by atoms with Gasteiger partial charge in [0.05, 0.1) is 23.3 Å². The first-order chi connectivity index (χ1) is 17.4. The molecule has 4 atom stereocenters. The summed E-state index contributed by atoms with van der Waals surface area (Å²) in [6.07, 6.45) is 0.907. The van der Waals surface area contributed by atoms with Crippen molar-refractivity contribution in [1.29, 1.82) is 0 Å². The van der Waals surface area contributed by atoms with Gasteiger partial charge in [0.1, 0.15) is 18.8 Å². The van der Waals surface area contributed by atoms with Crippen LogP contribution in [0.5, 0.6) is 0 Å². The number of aliphatic hydroxyl groups is 3. The van der Waals surface area contributed by atoms with E-state index in [1.165, 1.54) is 73.6 Å². The third-order valence-electron chi connectivity index (χ3n) is 4.86. The topological polar surface area (TPSA) is 178 Å². The molecule has 3 aromatic heterocycles. The molecule has 3 rings (SSSR count). The molecule has 0 aliphatic carbocycles. The molecule has 0 saturated heterocycles. The van der Waals surface area contributed by atoms with Gasteiger partial charge in [-0.2, -0.15) is 0 Å². The van der Waals surface area contributed by atoms with Crippen molar-refractivity contribution in [2.45, 2.75) is 24.4 Å². The highest BCUT2D eigenvalue weighted by molar-refractivity contribution is 5.90. The quantitative estimate of drug-likeness (QED) is 0.242. The standard InChI is InChI=1S/C24H23N3O9/c28-13-18(29)20(30)21(36-24(33)17-6-3-9-27-12-17)19(35-23(32)16-5-2-8-26-11-16)14-34-22(31)15-4-1-7-25-10-15/h1-12,18-21,28-30H,13-14H2/t18-,19-,20-,21-/m1/s1. The van der Waals surface area contributed by atoms with Crippen LogP contribution in [0.2, 0.25) is 0 Å². The minimum Gasteiger partial charge on any atom is -0.458 e. The van der Waals surface area contributed by atoms with Crippen LogP contribution in [0.3, 0.4) is 0 Å². The first kappa shape index (κ1) is 26.3. The number of ether oxygens (including phenoxy) is 3. The van der Waals surface area contributed by atoms with E-state index in [1.54, 1.807) is 0 Å². The van der Waals surface area contributed by atoms with Gasteiger partial charge in [0.15, 0.2) is 12.2 Å². The molecule has 0 bridgehead atoms. The molecule has 0 saturated carbocycles. The van der Waals surface area contributed by atoms with Gasteiger partial charge in [-0.1, -0.05) is 0 Å². The van der Waals surface area contributed by atoms with Gasteiger partial charge in [-0.25, -0.2) is 14.4 Å². The van der Waals surface area contributed by atoms with Crippen molar-refractivity contribution in [3.8, 4) is 0 Å². The van der Waals surface area contributed by atoms with Gasteiger partial charge in [0, 0.05) is 37.2 Å². The molecule has 0 amide bonds. The van der Waals surface area contributed by atoms with E-state index in [1.807, 2.05) is 0 Å². The van der Waals surface area contributed by atoms with Crippen molar-refractivity contribution in [3.63, 3.8) is 0 Å². The molecular formula is C24H23N3O9. The Morgan fingerprint density at radius 1 is 0.750 bits per heavy atom. The summed E-state index contributed by atoms with van der Waals surface area (Å²) >= 11 is 0. The molecule has 0 aliphatic rings. The van der Waals surface area contributed by atoms with Crippen LogP contribution in [-0.4, -0.2) is 85.8 Å². The smallest absolute Gasteiger partial charge is 0.340 e. The van der Waals surface area contributed by atoms with E-state index in [0.717, 1.165) is 0 Å². The van der Waals surface area contributed by atoms with E-state index < -0.39 is 55.5 Å². The Morgan fingerprint density at radius 3 is 1.67 bits per heavy atom. The van der Waals surface area contributed by atoms with Crippen molar-refractivity contribution in [2.24, 2.45) is 0 Å². The van der Waals surface area contributed by atoms with E-state index in [4.69, 9.17) is 14.2 Å². The summed E-state index contributed by atoms with van der Waals surface area (Å²) in [7, 11) is 0. The highest BCUT2D eigenvalue weighted by Gasteiger charge is 2.40. The zero-order valence-corrected chi connectivity index (χ0v) is 18.8. The number of aliphatic hydroxyl groups excluding tert-OH is 3. The van der Waals surface area contributed by atoms with Crippen LogP contribution in [0.1, 0.15) is 31.1 Å². The molecular weight excluding hydrogens is 474 g/mol. The normalized spacial score (nSPS) is 14.1. The van der Waals surface area contributed by atoms with Crippen molar-refractivity contribution >= 4 is 17.9 Å². The Hall–Kier alpha value is -4.26. The van der Waals surface area contributed by atoms with Gasteiger partial charge >= 0.3 is 17.9 Å². The number of esters is 3. The fourth-order valence-corrected chi connectivity index (χ4v) is 2.98. The minimum absolute atomic E-state index is 0.00196. The molecule has 3 heterocycles. The number of rotatable bonds is 11. The first-order valence-electron chi connectivity index (χ1n) is 10.7. The number of nitrogens with zero attached hydrogens (tertiary/aromatic N) is 3. The average Bonchev–Trinajstić information content (AvgIpc) is 2.94. The van der Waals surface area contributed by atoms with E-state index in [-0.39, 0.29) is 16.7 Å². The number of carbonyl (C=O) groups excluding carboxylic acids is 3. The molecule has 0 aliphatic heterocycles. The Bertz CT molecular complexity index is 1130. The maximum absolute atomic E-state index is 12.7. The Kier molecular flexibility index (Phi) is 9.51. The molecule has 0 radical (unpaired) electrons. The summed E-state index contributed by atoms with van der Waals surface area (Å²) in [6.45, 7) is -1.58. The summed E-state index contributed by atoms with van der Waals surface area (Å²) in [5.41, 5.74) is 0.114. The van der Waals surface area contributed by atoms with Crippen LogP contribution in [-0.2, 0) is 14.2 Å². The van der Waals surface area contributed by atoms with E-state index in [0.29, 0.717) is 0 Å². The van der Waals surface area contributed by atoms with E-state index >= 15 is 0 Å². The SMILES string of the molecule is O=C(OC[C@@H](OC(=O)c1cccnc1)[C@@H](OC(=O)c1cccnc1)[C@H](O)[C@H](O)CO)c1cccnc1. The summed E-state index contributed by atoms with van der Waals surface area (Å²) in [5.74, 6) is -2.74. The molecule has 0 aromatic carbocycles. The fourth-order valence-electron chi connectivity index (χ4n) is 2.98. The van der Waals surface area contributed by atoms with Gasteiger partial charge in [-0.3, -0.25) is 15.0 Å². The summed E-state index contributed by atoms with van der Waals surface area (Å²) in [5, 5.41) is 30.1. The Balaban J connectivity index is 1.89. The molecule has 0 spiro atoms. The number of pyridine rings is 3. The van der Waals surface area contributed by atoms with Gasteiger partial charge < -0.3 is 29.5 Å². The second-order valence-corrected chi connectivity index (χ2v) is 7.38. The van der Waals surface area contributed by atoms with Crippen molar-refractivity contribution in [1.82, 2.24) is 15.0 Å². The molecule has 0 fully saturated rings. The molecule has 3 N–H and O–H groups in total. The average molecular weight is 497 g/mol. The largest absolute Gasteiger partial charge is 0.458 e. The van der Waals surface area contributed by atoms with Crippen LogP contribution in [0.25, 0.3) is 0 Å². The minimum atomic E-state index is -1.93. The van der Waals surface area contributed by atoms with Gasteiger partial charge in [-0.15, -0.1) is 0 Å². The molecule has 0 unspecified atom stereocenters. The predicted molar refractivity (Wildman–Crippen MR) is 120 cm³/mol. The molecule has 12 heteroatoms. The van der Waals surface area contributed by atoms with Gasteiger partial charge in [0.25, 0.3) is 0 Å². The maximum atomic E-state index is 12.7. The zero-order chi connectivity index (χ0) is 25.9. The lowest BCUT2D eigenvalue weighted by Gasteiger charge is -2.31. The van der Waals surface area contributed by atoms with E-state index in [9.17, 15) is 29.7 Å². The van der Waals surface area contributed by atoms with Crippen LogP contribution in [0.15, 0.2) is 73.6 Å². The van der Waals surface area contributed by atoms with Gasteiger partial charge in [-0.05, 0) is 36.4 Å². The van der Waals surface area contributed by atoms with Crippen LogP contribution in [0.4, 0.5) is 0 Å². The highest BCUT2D eigenvalue weighted by atomic mass is 16.6. The van der Waals surface area contributed by atoms with Crippen LogP contribution >= 0.6 is 0 Å². The lowest BCUT2D eigenvalue weighted by molar-refractivity contribution is -0.132.